The number of rotatable bonds is 4. The summed E-state index contributed by atoms with van der Waals surface area (Å²) in [5.74, 6) is 0.0638. The Balaban J connectivity index is 1.16. The Labute approximate surface area is 193 Å². The van der Waals surface area contributed by atoms with Gasteiger partial charge in [-0.2, -0.15) is 4.31 Å². The van der Waals surface area contributed by atoms with E-state index < -0.39 is 15.6 Å². The molecule has 1 spiro atoms. The Morgan fingerprint density at radius 1 is 0.970 bits per heavy atom. The van der Waals surface area contributed by atoms with Crippen LogP contribution in [-0.2, 0) is 19.6 Å². The van der Waals surface area contributed by atoms with Gasteiger partial charge in [0.25, 0.3) is 0 Å². The third-order valence-corrected chi connectivity index (χ3v) is 9.19. The SMILES string of the molecule is O=C1COC2(CCN(S(=O)(=O)c3ccc(-c4ccc5[nH]ccc5c4)cc3)CC2)CN1C1CC1. The maximum atomic E-state index is 13.3. The highest BCUT2D eigenvalue weighted by Crippen LogP contribution is 2.37. The quantitative estimate of drug-likeness (QED) is 0.640. The molecule has 3 heterocycles. The summed E-state index contributed by atoms with van der Waals surface area (Å²) in [6.45, 7) is 1.51. The molecule has 0 bridgehead atoms. The minimum Gasteiger partial charge on any atom is -0.363 e. The first kappa shape index (κ1) is 20.9. The van der Waals surface area contributed by atoms with Crippen LogP contribution in [0.3, 0.4) is 0 Å². The molecule has 1 aliphatic carbocycles. The first-order valence-electron chi connectivity index (χ1n) is 11.5. The number of carbonyl (C=O) groups excluding carboxylic acids is 1. The first-order chi connectivity index (χ1) is 15.9. The molecule has 6 rings (SSSR count). The van der Waals surface area contributed by atoms with E-state index in [9.17, 15) is 13.2 Å². The fraction of sp³-hybridized carbons (Fsp3) is 0.400. The van der Waals surface area contributed by atoms with Gasteiger partial charge in [-0.15, -0.1) is 0 Å². The topological polar surface area (TPSA) is 82.7 Å². The van der Waals surface area contributed by atoms with E-state index in [-0.39, 0.29) is 12.5 Å². The molecule has 3 fully saturated rings. The maximum absolute atomic E-state index is 13.3. The van der Waals surface area contributed by atoms with E-state index in [2.05, 4.69) is 11.1 Å². The van der Waals surface area contributed by atoms with Crippen molar-refractivity contribution in [2.75, 3.05) is 26.2 Å². The number of aromatic nitrogens is 1. The molecule has 1 aromatic heterocycles. The Morgan fingerprint density at radius 3 is 2.42 bits per heavy atom. The summed E-state index contributed by atoms with van der Waals surface area (Å²) in [6, 6.07) is 15.7. The molecule has 2 aliphatic heterocycles. The van der Waals surface area contributed by atoms with Crippen molar-refractivity contribution in [1.29, 1.82) is 0 Å². The Morgan fingerprint density at radius 2 is 1.70 bits per heavy atom. The van der Waals surface area contributed by atoms with Gasteiger partial charge in [-0.1, -0.05) is 18.2 Å². The highest BCUT2D eigenvalue weighted by atomic mass is 32.2. The lowest BCUT2D eigenvalue weighted by molar-refractivity contribution is -0.170. The van der Waals surface area contributed by atoms with Crippen LogP contribution in [0.2, 0.25) is 0 Å². The van der Waals surface area contributed by atoms with E-state index in [1.165, 1.54) is 0 Å². The van der Waals surface area contributed by atoms with Gasteiger partial charge >= 0.3 is 0 Å². The molecule has 1 amide bonds. The van der Waals surface area contributed by atoms with Crippen LogP contribution in [0, 0.1) is 0 Å². The molecule has 2 aromatic carbocycles. The van der Waals surface area contributed by atoms with Gasteiger partial charge in [-0.05, 0) is 72.5 Å². The average Bonchev–Trinajstić information content (AvgIpc) is 3.57. The fourth-order valence-corrected chi connectivity index (χ4v) is 6.54. The van der Waals surface area contributed by atoms with Crippen molar-refractivity contribution >= 4 is 26.8 Å². The van der Waals surface area contributed by atoms with Gasteiger partial charge < -0.3 is 14.6 Å². The number of H-pyrrole nitrogens is 1. The normalized spacial score (nSPS) is 21.7. The van der Waals surface area contributed by atoms with Crippen molar-refractivity contribution in [2.24, 2.45) is 0 Å². The molecule has 0 atom stereocenters. The number of amides is 1. The van der Waals surface area contributed by atoms with Crippen LogP contribution in [-0.4, -0.2) is 66.4 Å². The van der Waals surface area contributed by atoms with Gasteiger partial charge in [0.05, 0.1) is 17.0 Å². The number of morpholine rings is 1. The molecular formula is C25H27N3O4S. The number of sulfonamides is 1. The number of fused-ring (bicyclic) bond motifs is 1. The lowest BCUT2D eigenvalue weighted by atomic mass is 9.90. The number of piperidine rings is 1. The van der Waals surface area contributed by atoms with Crippen LogP contribution >= 0.6 is 0 Å². The number of aromatic amines is 1. The first-order valence-corrected chi connectivity index (χ1v) is 13.0. The van der Waals surface area contributed by atoms with E-state index in [0.717, 1.165) is 34.9 Å². The number of nitrogens with one attached hydrogen (secondary N) is 1. The predicted molar refractivity (Wildman–Crippen MR) is 125 cm³/mol. The maximum Gasteiger partial charge on any atom is 0.248 e. The van der Waals surface area contributed by atoms with Gasteiger partial charge in [-0.25, -0.2) is 8.42 Å². The lowest BCUT2D eigenvalue weighted by Crippen LogP contribution is -2.59. The zero-order chi connectivity index (χ0) is 22.6. The van der Waals surface area contributed by atoms with Crippen molar-refractivity contribution in [1.82, 2.24) is 14.2 Å². The van der Waals surface area contributed by atoms with Crippen molar-refractivity contribution in [3.05, 3.63) is 54.7 Å². The minimum absolute atomic E-state index is 0.0638. The summed E-state index contributed by atoms with van der Waals surface area (Å²) in [6.07, 6.45) is 5.26. The molecule has 1 N–H and O–H groups in total. The monoisotopic (exact) mass is 465 g/mol. The highest BCUT2D eigenvalue weighted by molar-refractivity contribution is 7.89. The largest absolute Gasteiger partial charge is 0.363 e. The minimum atomic E-state index is -3.58. The number of hydrogen-bond acceptors (Lipinski definition) is 4. The van der Waals surface area contributed by atoms with Crippen LogP contribution in [0.5, 0.6) is 0 Å². The van der Waals surface area contributed by atoms with E-state index in [1.54, 1.807) is 16.4 Å². The van der Waals surface area contributed by atoms with Gasteiger partial charge in [0.2, 0.25) is 15.9 Å². The lowest BCUT2D eigenvalue weighted by Gasteiger charge is -2.46. The second-order valence-corrected chi connectivity index (χ2v) is 11.4. The predicted octanol–water partition coefficient (Wildman–Crippen LogP) is 3.38. The summed E-state index contributed by atoms with van der Waals surface area (Å²) in [5, 5.41) is 1.12. The van der Waals surface area contributed by atoms with E-state index in [0.29, 0.717) is 43.4 Å². The molecule has 1 saturated carbocycles. The van der Waals surface area contributed by atoms with Crippen LogP contribution in [0.25, 0.3) is 22.0 Å². The van der Waals surface area contributed by atoms with Crippen LogP contribution in [0.4, 0.5) is 0 Å². The zero-order valence-electron chi connectivity index (χ0n) is 18.4. The van der Waals surface area contributed by atoms with Crippen molar-refractivity contribution < 1.29 is 17.9 Å². The Kier molecular flexibility index (Phi) is 4.87. The van der Waals surface area contributed by atoms with Gasteiger partial charge in [0, 0.05) is 30.8 Å². The number of hydrogen-bond donors (Lipinski definition) is 1. The molecule has 2 saturated heterocycles. The van der Waals surface area contributed by atoms with E-state index >= 15 is 0 Å². The summed E-state index contributed by atoms with van der Waals surface area (Å²) < 4.78 is 34.1. The number of nitrogens with zero attached hydrogens (tertiary/aromatic N) is 2. The fourth-order valence-electron chi connectivity index (χ4n) is 5.10. The summed E-state index contributed by atoms with van der Waals surface area (Å²) >= 11 is 0. The molecule has 7 nitrogen and oxygen atoms in total. The number of ether oxygens (including phenoxy) is 1. The second kappa shape index (κ2) is 7.68. The van der Waals surface area contributed by atoms with E-state index in [1.807, 2.05) is 41.4 Å². The molecule has 172 valence electrons. The Bertz CT molecular complexity index is 1300. The molecular weight excluding hydrogens is 438 g/mol. The average molecular weight is 466 g/mol. The summed E-state index contributed by atoms with van der Waals surface area (Å²) in [4.78, 5) is 17.6. The molecule has 0 radical (unpaired) electrons. The smallest absolute Gasteiger partial charge is 0.248 e. The third kappa shape index (κ3) is 3.76. The van der Waals surface area contributed by atoms with Gasteiger partial charge in [0.15, 0.2) is 0 Å². The van der Waals surface area contributed by atoms with Crippen LogP contribution in [0.1, 0.15) is 25.7 Å². The van der Waals surface area contributed by atoms with Crippen LogP contribution < -0.4 is 0 Å². The molecule has 3 aromatic rings. The standard InChI is InChI=1S/C25H27N3O4S/c29-24-16-32-25(17-28(24)21-4-5-21)10-13-27(14-11-25)33(30,31)22-6-1-18(2-7-22)19-3-8-23-20(15-19)9-12-26-23/h1-3,6-9,12,15,21,26H,4-5,10-11,13-14,16-17H2. The van der Waals surface area contributed by atoms with Crippen LogP contribution in [0.15, 0.2) is 59.6 Å². The summed E-state index contributed by atoms with van der Waals surface area (Å²) in [5.41, 5.74) is 2.70. The Hall–Kier alpha value is -2.68. The highest BCUT2D eigenvalue weighted by Gasteiger charge is 2.47. The van der Waals surface area contributed by atoms with Gasteiger partial charge in [0.1, 0.15) is 6.61 Å². The molecule has 3 aliphatic rings. The molecule has 0 unspecified atom stereocenters. The van der Waals surface area contributed by atoms with Crippen molar-refractivity contribution in [3.63, 3.8) is 0 Å². The van der Waals surface area contributed by atoms with Crippen molar-refractivity contribution in [2.45, 2.75) is 42.2 Å². The zero-order valence-corrected chi connectivity index (χ0v) is 19.2. The number of benzene rings is 2. The van der Waals surface area contributed by atoms with E-state index in [4.69, 9.17) is 4.74 Å². The third-order valence-electron chi connectivity index (χ3n) is 7.28. The molecule has 8 heteroatoms. The molecule has 33 heavy (non-hydrogen) atoms. The summed E-state index contributed by atoms with van der Waals surface area (Å²) in [7, 11) is -3.58. The number of carbonyl (C=O) groups is 1. The van der Waals surface area contributed by atoms with Crippen molar-refractivity contribution in [3.8, 4) is 11.1 Å². The van der Waals surface area contributed by atoms with Gasteiger partial charge in [-0.3, -0.25) is 4.79 Å². The second-order valence-electron chi connectivity index (χ2n) is 9.43.